The van der Waals surface area contributed by atoms with Crippen LogP contribution in [0.15, 0.2) is 24.3 Å². The summed E-state index contributed by atoms with van der Waals surface area (Å²) >= 11 is 0. The molecule has 0 aliphatic rings. The highest BCUT2D eigenvalue weighted by molar-refractivity contribution is 5.76. The maximum Gasteiger partial charge on any atom is 0.305 e. The van der Waals surface area contributed by atoms with Crippen LogP contribution in [-0.4, -0.2) is 47.4 Å². The summed E-state index contributed by atoms with van der Waals surface area (Å²) in [5.41, 5.74) is 0. The van der Waals surface area contributed by atoms with Gasteiger partial charge in [0.25, 0.3) is 0 Å². The molecule has 0 aromatic carbocycles. The number of carbonyl (C=O) groups is 2. The molecule has 0 saturated heterocycles. The number of amides is 1. The van der Waals surface area contributed by atoms with Crippen LogP contribution in [0.3, 0.4) is 0 Å². The van der Waals surface area contributed by atoms with E-state index in [4.69, 9.17) is 4.74 Å². The Balaban J connectivity index is 3.30. The number of nitrogens with one attached hydrogen (secondary N) is 1. The molecule has 3 N–H and O–H groups in total. The minimum Gasteiger partial charge on any atom is -0.466 e. The van der Waals surface area contributed by atoms with Gasteiger partial charge in [-0.15, -0.1) is 0 Å². The van der Waals surface area contributed by atoms with Gasteiger partial charge in [-0.2, -0.15) is 0 Å². The summed E-state index contributed by atoms with van der Waals surface area (Å²) in [6.07, 6.45) is 81.2. The topological polar surface area (TPSA) is 95.9 Å². The van der Waals surface area contributed by atoms with Gasteiger partial charge in [-0.25, -0.2) is 0 Å². The first-order chi connectivity index (χ1) is 37.0. The third-order valence-electron chi connectivity index (χ3n) is 16.0. The molecule has 0 rings (SSSR count). The fraction of sp³-hybridized carbons (Fsp3) is 0.913. The minimum absolute atomic E-state index is 0.0175. The van der Waals surface area contributed by atoms with Crippen LogP contribution in [0.5, 0.6) is 0 Å². The standard InChI is InChI=1S/C69H133NO5/c1-3-5-7-9-11-13-15-16-17-33-37-40-43-47-51-55-59-63-69(74)75-64-60-56-52-48-44-41-38-35-32-30-28-26-24-22-20-18-19-21-23-25-27-29-31-34-36-39-42-46-50-54-58-62-68(73)70-66(65-71)67(72)61-57-53-49-45-14-12-10-8-6-4-2/h16-17,57,61,66-67,71-72H,3-15,18-56,58-60,62-65H2,1-2H3,(H,70,73)/b17-16-,61-57+. The molecule has 2 atom stereocenters. The van der Waals surface area contributed by atoms with Crippen molar-refractivity contribution >= 4 is 11.9 Å². The number of esters is 1. The van der Waals surface area contributed by atoms with Crippen LogP contribution < -0.4 is 5.32 Å². The van der Waals surface area contributed by atoms with Gasteiger partial charge in [-0.05, 0) is 57.8 Å². The first kappa shape index (κ1) is 73.3. The van der Waals surface area contributed by atoms with Crippen molar-refractivity contribution in [3.8, 4) is 0 Å². The molecule has 0 aliphatic heterocycles. The second-order valence-corrected chi connectivity index (χ2v) is 23.5. The molecule has 6 nitrogen and oxygen atoms in total. The van der Waals surface area contributed by atoms with Gasteiger partial charge in [-0.1, -0.05) is 334 Å². The first-order valence-corrected chi connectivity index (χ1v) is 34.1. The third kappa shape index (κ3) is 61.4. The van der Waals surface area contributed by atoms with Crippen LogP contribution in [0.2, 0.25) is 0 Å². The normalized spacial score (nSPS) is 12.6. The summed E-state index contributed by atoms with van der Waals surface area (Å²) < 4.78 is 5.50. The fourth-order valence-electron chi connectivity index (χ4n) is 10.7. The Morgan fingerprint density at radius 3 is 0.947 bits per heavy atom. The molecule has 2 unspecified atom stereocenters. The molecule has 0 spiro atoms. The van der Waals surface area contributed by atoms with Crippen LogP contribution in [0.25, 0.3) is 0 Å². The van der Waals surface area contributed by atoms with Crippen molar-refractivity contribution in [2.75, 3.05) is 13.2 Å². The molecule has 0 fully saturated rings. The van der Waals surface area contributed by atoms with E-state index < -0.39 is 12.1 Å². The van der Waals surface area contributed by atoms with Crippen molar-refractivity contribution in [1.82, 2.24) is 5.32 Å². The van der Waals surface area contributed by atoms with E-state index in [2.05, 4.69) is 31.3 Å². The number of allylic oxidation sites excluding steroid dienone is 3. The van der Waals surface area contributed by atoms with Crippen LogP contribution in [0.4, 0.5) is 0 Å². The molecule has 0 aromatic heterocycles. The lowest BCUT2D eigenvalue weighted by Crippen LogP contribution is -2.45. The molecular formula is C69H133NO5. The predicted molar refractivity (Wildman–Crippen MR) is 329 cm³/mol. The summed E-state index contributed by atoms with van der Waals surface area (Å²) in [6, 6.07) is -0.622. The molecule has 0 aromatic rings. The van der Waals surface area contributed by atoms with Crippen molar-refractivity contribution in [1.29, 1.82) is 0 Å². The Morgan fingerprint density at radius 1 is 0.360 bits per heavy atom. The van der Waals surface area contributed by atoms with Gasteiger partial charge in [0.2, 0.25) is 5.91 Å². The molecule has 0 radical (unpaired) electrons. The fourth-order valence-corrected chi connectivity index (χ4v) is 10.7. The number of unbranched alkanes of at least 4 members (excludes halogenated alkanes) is 51. The van der Waals surface area contributed by atoms with E-state index in [0.717, 1.165) is 44.9 Å². The van der Waals surface area contributed by atoms with E-state index in [1.54, 1.807) is 6.08 Å². The Morgan fingerprint density at radius 2 is 0.627 bits per heavy atom. The largest absolute Gasteiger partial charge is 0.466 e. The van der Waals surface area contributed by atoms with E-state index in [-0.39, 0.29) is 18.5 Å². The van der Waals surface area contributed by atoms with Crippen LogP contribution in [-0.2, 0) is 14.3 Å². The zero-order chi connectivity index (χ0) is 54.3. The van der Waals surface area contributed by atoms with E-state index in [1.807, 2.05) is 6.08 Å². The van der Waals surface area contributed by atoms with E-state index in [9.17, 15) is 19.8 Å². The molecule has 1 amide bonds. The smallest absolute Gasteiger partial charge is 0.305 e. The SMILES string of the molecule is CCCCCCCC/C=C\CCCCCCCCCC(=O)OCCCCCCCCCCCCCCCCCCCCCCCCCCCCCCCCCC(=O)NC(CO)C(O)/C=C/CCCCCCCCCC. The maximum absolute atomic E-state index is 12.4. The number of aliphatic hydroxyl groups is 2. The van der Waals surface area contributed by atoms with Crippen molar-refractivity contribution in [3.05, 3.63) is 24.3 Å². The minimum atomic E-state index is -0.839. The number of hydrogen-bond donors (Lipinski definition) is 3. The lowest BCUT2D eigenvalue weighted by molar-refractivity contribution is -0.143. The molecular weight excluding hydrogens is 923 g/mol. The van der Waals surface area contributed by atoms with Gasteiger partial charge < -0.3 is 20.3 Å². The Hall–Kier alpha value is -1.66. The highest BCUT2D eigenvalue weighted by Gasteiger charge is 2.18. The highest BCUT2D eigenvalue weighted by Crippen LogP contribution is 2.19. The van der Waals surface area contributed by atoms with Gasteiger partial charge in [0, 0.05) is 12.8 Å². The van der Waals surface area contributed by atoms with E-state index in [1.165, 1.54) is 308 Å². The van der Waals surface area contributed by atoms with Crippen LogP contribution >= 0.6 is 0 Å². The first-order valence-electron chi connectivity index (χ1n) is 34.1. The third-order valence-corrected chi connectivity index (χ3v) is 16.0. The predicted octanol–water partition coefficient (Wildman–Crippen LogP) is 21.8. The quantitative estimate of drug-likeness (QED) is 0.0320. The average Bonchev–Trinajstić information content (AvgIpc) is 3.41. The maximum atomic E-state index is 12.4. The van der Waals surface area contributed by atoms with Crippen LogP contribution in [0.1, 0.15) is 380 Å². The lowest BCUT2D eigenvalue weighted by atomic mass is 10.0. The van der Waals surface area contributed by atoms with Gasteiger partial charge in [-0.3, -0.25) is 9.59 Å². The summed E-state index contributed by atoms with van der Waals surface area (Å²) in [6.45, 7) is 4.91. The summed E-state index contributed by atoms with van der Waals surface area (Å²) in [7, 11) is 0. The van der Waals surface area contributed by atoms with Crippen molar-refractivity contribution in [3.63, 3.8) is 0 Å². The number of aliphatic hydroxyl groups excluding tert-OH is 2. The molecule has 0 bridgehead atoms. The number of rotatable bonds is 64. The zero-order valence-electron chi connectivity index (χ0n) is 50.8. The molecule has 75 heavy (non-hydrogen) atoms. The molecule has 444 valence electrons. The van der Waals surface area contributed by atoms with Gasteiger partial charge >= 0.3 is 5.97 Å². The van der Waals surface area contributed by atoms with Crippen molar-refractivity contribution < 1.29 is 24.5 Å². The molecule has 0 saturated carbocycles. The van der Waals surface area contributed by atoms with Crippen molar-refractivity contribution in [2.24, 2.45) is 0 Å². The number of hydrogen-bond acceptors (Lipinski definition) is 5. The summed E-state index contributed by atoms with van der Waals surface area (Å²) in [5.74, 6) is -0.0468. The van der Waals surface area contributed by atoms with Gasteiger partial charge in [0.15, 0.2) is 0 Å². The second kappa shape index (κ2) is 64.9. The average molecular weight is 1060 g/mol. The van der Waals surface area contributed by atoms with Gasteiger partial charge in [0.1, 0.15) is 0 Å². The zero-order valence-corrected chi connectivity index (χ0v) is 50.8. The van der Waals surface area contributed by atoms with E-state index in [0.29, 0.717) is 19.4 Å². The second-order valence-electron chi connectivity index (χ2n) is 23.5. The Labute approximate surface area is 469 Å². The highest BCUT2D eigenvalue weighted by atomic mass is 16.5. The van der Waals surface area contributed by atoms with Gasteiger partial charge in [0.05, 0.1) is 25.4 Å². The molecule has 0 aliphatic carbocycles. The lowest BCUT2D eigenvalue weighted by Gasteiger charge is -2.20. The molecule has 6 heteroatoms. The Kier molecular flexibility index (Phi) is 63.4. The molecule has 0 heterocycles. The summed E-state index contributed by atoms with van der Waals surface area (Å²) in [5, 5.41) is 23.0. The summed E-state index contributed by atoms with van der Waals surface area (Å²) in [4.78, 5) is 24.5. The number of carbonyl (C=O) groups excluding carboxylic acids is 2. The monoisotopic (exact) mass is 1060 g/mol. The Bertz CT molecular complexity index is 1170. The number of ether oxygens (including phenoxy) is 1. The van der Waals surface area contributed by atoms with Crippen LogP contribution in [0, 0.1) is 0 Å². The van der Waals surface area contributed by atoms with E-state index >= 15 is 0 Å². The van der Waals surface area contributed by atoms with Crippen molar-refractivity contribution in [2.45, 2.75) is 392 Å².